The minimum Gasteiger partial charge on any atom is -0.444 e. The minimum absolute atomic E-state index is 0. The predicted octanol–water partition coefficient (Wildman–Crippen LogP) is 3.67. The first kappa shape index (κ1) is 23.5. The highest BCUT2D eigenvalue weighted by Crippen LogP contribution is 2.13. The summed E-state index contributed by atoms with van der Waals surface area (Å²) >= 11 is 0. The number of nitrogens with one attached hydrogen (secondary N) is 1. The van der Waals surface area contributed by atoms with Crippen LogP contribution in [0.1, 0.15) is 26.3 Å². The van der Waals surface area contributed by atoms with Crippen LogP contribution in [0.15, 0.2) is 29.3 Å². The van der Waals surface area contributed by atoms with Crippen LogP contribution in [0.5, 0.6) is 0 Å². The van der Waals surface area contributed by atoms with Crippen LogP contribution >= 0.6 is 24.0 Å². The number of carbonyl (C=O) groups is 1. The van der Waals surface area contributed by atoms with Gasteiger partial charge < -0.3 is 14.5 Å². The predicted molar refractivity (Wildman–Crippen MR) is 115 cm³/mol. The number of rotatable bonds is 4. The number of anilines is 1. The number of halogens is 1. The Morgan fingerprint density at radius 1 is 1.08 bits per heavy atom. The molecule has 0 fully saturated rings. The number of guanidine groups is 1. The molecule has 0 atom stereocenters. The molecule has 0 heterocycles. The van der Waals surface area contributed by atoms with E-state index in [0.29, 0.717) is 6.54 Å². The third kappa shape index (κ3) is 9.52. The minimum atomic E-state index is -0.501. The summed E-state index contributed by atoms with van der Waals surface area (Å²) in [6.45, 7) is 6.23. The molecule has 0 radical (unpaired) electrons. The van der Waals surface area contributed by atoms with Crippen LogP contribution in [0.4, 0.5) is 10.5 Å². The van der Waals surface area contributed by atoms with Gasteiger partial charge in [-0.15, -0.1) is 24.0 Å². The third-order valence-corrected chi connectivity index (χ3v) is 3.05. The summed E-state index contributed by atoms with van der Waals surface area (Å²) in [6, 6.07) is 7.74. The van der Waals surface area contributed by atoms with Crippen LogP contribution in [0, 0.1) is 0 Å². The lowest BCUT2D eigenvalue weighted by molar-refractivity contribution is 0.0636. The van der Waals surface area contributed by atoms with Gasteiger partial charge in [-0.3, -0.25) is 10.3 Å². The van der Waals surface area contributed by atoms with Crippen LogP contribution < -0.4 is 5.32 Å². The summed E-state index contributed by atoms with van der Waals surface area (Å²) in [5.74, 6) is 0.943. The van der Waals surface area contributed by atoms with Crippen molar-refractivity contribution in [3.05, 3.63) is 29.8 Å². The van der Waals surface area contributed by atoms with Gasteiger partial charge in [0.25, 0.3) is 0 Å². The van der Waals surface area contributed by atoms with Crippen molar-refractivity contribution in [2.75, 3.05) is 40.1 Å². The van der Waals surface area contributed by atoms with Crippen molar-refractivity contribution >= 4 is 41.7 Å². The monoisotopic (exact) mass is 462 g/mol. The van der Waals surface area contributed by atoms with Crippen molar-refractivity contribution in [2.24, 2.45) is 4.99 Å². The zero-order valence-electron chi connectivity index (χ0n) is 16.3. The molecule has 0 aliphatic rings. The van der Waals surface area contributed by atoms with Crippen molar-refractivity contribution in [1.29, 1.82) is 0 Å². The van der Waals surface area contributed by atoms with E-state index in [9.17, 15) is 4.79 Å². The normalized spacial score (nSPS) is 10.4. The first-order valence-corrected chi connectivity index (χ1v) is 8.06. The second kappa shape index (κ2) is 10.5. The maximum absolute atomic E-state index is 11.7. The van der Waals surface area contributed by atoms with Crippen LogP contribution in [-0.4, -0.2) is 62.2 Å². The van der Waals surface area contributed by atoms with E-state index in [4.69, 9.17) is 4.74 Å². The van der Waals surface area contributed by atoms with E-state index in [-0.39, 0.29) is 24.0 Å². The van der Waals surface area contributed by atoms with Crippen LogP contribution in [0.25, 0.3) is 0 Å². The molecule has 1 amide bonds. The molecular weight excluding hydrogens is 431 g/mol. The Morgan fingerprint density at radius 3 is 2.04 bits per heavy atom. The number of amides is 1. The highest BCUT2D eigenvalue weighted by atomic mass is 127. The van der Waals surface area contributed by atoms with Gasteiger partial charge in [0.05, 0.1) is 0 Å². The summed E-state index contributed by atoms with van der Waals surface area (Å²) in [5, 5.41) is 2.73. The summed E-state index contributed by atoms with van der Waals surface area (Å²) in [7, 11) is 7.93. The van der Waals surface area contributed by atoms with Crippen molar-refractivity contribution in [3.63, 3.8) is 0 Å². The molecular formula is C18H31IN4O2. The van der Waals surface area contributed by atoms with Crippen molar-refractivity contribution < 1.29 is 9.53 Å². The molecule has 0 aliphatic heterocycles. The van der Waals surface area contributed by atoms with E-state index in [1.165, 1.54) is 5.56 Å². The quantitative estimate of drug-likeness (QED) is 0.422. The molecule has 6 nitrogen and oxygen atoms in total. The van der Waals surface area contributed by atoms with E-state index in [1.807, 2.05) is 83.0 Å². The maximum atomic E-state index is 11.7. The summed E-state index contributed by atoms with van der Waals surface area (Å²) < 4.78 is 5.23. The van der Waals surface area contributed by atoms with Gasteiger partial charge in [-0.1, -0.05) is 12.1 Å². The fourth-order valence-electron chi connectivity index (χ4n) is 2.14. The van der Waals surface area contributed by atoms with E-state index in [0.717, 1.165) is 18.1 Å². The van der Waals surface area contributed by atoms with Gasteiger partial charge in [-0.25, -0.2) is 4.79 Å². The van der Waals surface area contributed by atoms with Gasteiger partial charge >= 0.3 is 6.09 Å². The molecule has 7 heteroatoms. The maximum Gasteiger partial charge on any atom is 0.412 e. The molecule has 1 aromatic rings. The Hall–Kier alpha value is -1.51. The smallest absolute Gasteiger partial charge is 0.412 e. The van der Waals surface area contributed by atoms with E-state index in [2.05, 4.69) is 10.3 Å². The van der Waals surface area contributed by atoms with Gasteiger partial charge in [0.1, 0.15) is 5.60 Å². The van der Waals surface area contributed by atoms with Crippen LogP contribution in [-0.2, 0) is 11.2 Å². The Kier molecular flexibility index (Phi) is 9.84. The third-order valence-electron chi connectivity index (χ3n) is 3.05. The van der Waals surface area contributed by atoms with Gasteiger partial charge in [0, 0.05) is 40.4 Å². The van der Waals surface area contributed by atoms with E-state index < -0.39 is 11.7 Å². The Morgan fingerprint density at radius 2 is 1.60 bits per heavy atom. The van der Waals surface area contributed by atoms with Gasteiger partial charge in [0.15, 0.2) is 5.96 Å². The van der Waals surface area contributed by atoms with Gasteiger partial charge in [0.2, 0.25) is 0 Å². The van der Waals surface area contributed by atoms with E-state index >= 15 is 0 Å². The van der Waals surface area contributed by atoms with Crippen molar-refractivity contribution in [1.82, 2.24) is 9.80 Å². The lowest BCUT2D eigenvalue weighted by Crippen LogP contribution is -2.35. The zero-order chi connectivity index (χ0) is 18.3. The standard InChI is InChI=1S/C18H30N4O2.HI/c1-18(2,3)24-17(23)20-15-10-8-14(9-11-15)12-13-19-16(21(4)5)22(6)7;/h8-11H,12-13H2,1-7H3,(H,20,23);1H. The molecule has 0 bridgehead atoms. The Bertz CT molecular complexity index is 553. The summed E-state index contributed by atoms with van der Waals surface area (Å²) in [5.41, 5.74) is 1.39. The fourth-order valence-corrected chi connectivity index (χ4v) is 2.14. The number of nitrogens with zero attached hydrogens (tertiary/aromatic N) is 3. The highest BCUT2D eigenvalue weighted by Gasteiger charge is 2.16. The number of ether oxygens (including phenoxy) is 1. The molecule has 0 saturated carbocycles. The van der Waals surface area contributed by atoms with E-state index in [1.54, 1.807) is 0 Å². The summed E-state index contributed by atoms with van der Waals surface area (Å²) in [4.78, 5) is 20.3. The van der Waals surface area contributed by atoms with Crippen molar-refractivity contribution in [3.8, 4) is 0 Å². The number of carbonyl (C=O) groups excluding carboxylic acids is 1. The topological polar surface area (TPSA) is 57.2 Å². The molecule has 1 rings (SSSR count). The molecule has 25 heavy (non-hydrogen) atoms. The molecule has 0 spiro atoms. The van der Waals surface area contributed by atoms with Gasteiger partial charge in [-0.2, -0.15) is 0 Å². The van der Waals surface area contributed by atoms with Gasteiger partial charge in [-0.05, 0) is 44.9 Å². The molecule has 0 saturated heterocycles. The number of hydrogen-bond donors (Lipinski definition) is 1. The first-order chi connectivity index (χ1) is 11.1. The molecule has 0 aliphatic carbocycles. The number of benzene rings is 1. The number of aliphatic imine (C=N–C) groups is 1. The molecule has 1 aromatic carbocycles. The SMILES string of the molecule is CN(C)C(=NCCc1ccc(NC(=O)OC(C)(C)C)cc1)N(C)C.I. The highest BCUT2D eigenvalue weighted by molar-refractivity contribution is 14.0. The van der Waals surface area contributed by atoms with Crippen LogP contribution in [0.3, 0.4) is 0 Å². The average Bonchev–Trinajstić information content (AvgIpc) is 2.42. The van der Waals surface area contributed by atoms with Crippen LogP contribution in [0.2, 0.25) is 0 Å². The second-order valence-electron chi connectivity index (χ2n) is 7.04. The Labute approximate surface area is 168 Å². The molecule has 0 aromatic heterocycles. The Balaban J connectivity index is 0.00000576. The fraction of sp³-hybridized carbons (Fsp3) is 0.556. The molecule has 1 N–H and O–H groups in total. The second-order valence-corrected chi connectivity index (χ2v) is 7.04. The zero-order valence-corrected chi connectivity index (χ0v) is 18.6. The lowest BCUT2D eigenvalue weighted by atomic mass is 10.1. The largest absolute Gasteiger partial charge is 0.444 e. The van der Waals surface area contributed by atoms with Crippen molar-refractivity contribution in [2.45, 2.75) is 32.8 Å². The molecule has 0 unspecified atom stereocenters. The summed E-state index contributed by atoms with van der Waals surface area (Å²) in [6.07, 6.45) is 0.402. The average molecular weight is 462 g/mol. The lowest BCUT2D eigenvalue weighted by Gasteiger charge is -2.22. The number of hydrogen-bond acceptors (Lipinski definition) is 3. The molecule has 142 valence electrons. The first-order valence-electron chi connectivity index (χ1n) is 8.06.